The fourth-order valence-corrected chi connectivity index (χ4v) is 2.80. The first-order valence-electron chi connectivity index (χ1n) is 8.05. The maximum absolute atomic E-state index is 12.4. The molecule has 0 N–H and O–H groups in total. The molecule has 0 saturated heterocycles. The molecule has 0 radical (unpaired) electrons. The highest BCUT2D eigenvalue weighted by atomic mass is 79.9. The molecule has 1 atom stereocenters. The van der Waals surface area contributed by atoms with Gasteiger partial charge in [-0.25, -0.2) is 9.48 Å². The van der Waals surface area contributed by atoms with E-state index in [0.29, 0.717) is 13.0 Å². The molecular formula is C19H18BrN3O2. The molecule has 0 aliphatic carbocycles. The molecule has 2 aromatic carbocycles. The predicted molar refractivity (Wildman–Crippen MR) is 99.0 cm³/mol. The number of ether oxygens (including phenoxy) is 1. The minimum atomic E-state index is -0.550. The van der Waals surface area contributed by atoms with Gasteiger partial charge in [-0.3, -0.25) is 0 Å². The Hall–Kier alpha value is -2.47. The zero-order valence-electron chi connectivity index (χ0n) is 13.8. The molecule has 0 saturated carbocycles. The second kappa shape index (κ2) is 8.07. The van der Waals surface area contributed by atoms with Crippen LogP contribution in [0.25, 0.3) is 11.3 Å². The average Bonchev–Trinajstić information content (AvgIpc) is 3.12. The van der Waals surface area contributed by atoms with Crippen LogP contribution in [0.3, 0.4) is 0 Å². The third-order valence-electron chi connectivity index (χ3n) is 3.80. The molecule has 25 heavy (non-hydrogen) atoms. The molecule has 0 spiro atoms. The highest BCUT2D eigenvalue weighted by Gasteiger charge is 2.24. The number of halogens is 1. The van der Waals surface area contributed by atoms with Gasteiger partial charge in [0, 0.05) is 16.5 Å². The molecule has 128 valence electrons. The Morgan fingerprint density at radius 3 is 2.56 bits per heavy atom. The van der Waals surface area contributed by atoms with Crippen molar-refractivity contribution < 1.29 is 9.53 Å². The Bertz CT molecular complexity index is 831. The zero-order valence-corrected chi connectivity index (χ0v) is 15.4. The molecule has 1 aromatic heterocycles. The number of carbonyl (C=O) groups excluding carboxylic acids is 1. The molecule has 0 bridgehead atoms. The van der Waals surface area contributed by atoms with Crippen LogP contribution in [0.1, 0.15) is 18.5 Å². The van der Waals surface area contributed by atoms with Crippen LogP contribution in [-0.2, 0) is 16.0 Å². The number of aromatic nitrogens is 3. The summed E-state index contributed by atoms with van der Waals surface area (Å²) in [6.45, 7) is 2.13. The third-order valence-corrected chi connectivity index (χ3v) is 4.33. The van der Waals surface area contributed by atoms with E-state index in [1.54, 1.807) is 17.8 Å². The number of benzene rings is 2. The minimum absolute atomic E-state index is 0.310. The Balaban J connectivity index is 1.88. The van der Waals surface area contributed by atoms with Crippen LogP contribution < -0.4 is 0 Å². The molecule has 3 rings (SSSR count). The van der Waals surface area contributed by atoms with E-state index in [1.807, 2.05) is 54.6 Å². The van der Waals surface area contributed by atoms with Gasteiger partial charge in [0.15, 0.2) is 6.04 Å². The lowest BCUT2D eigenvalue weighted by Gasteiger charge is -2.15. The zero-order chi connectivity index (χ0) is 17.6. The van der Waals surface area contributed by atoms with Gasteiger partial charge in [0.2, 0.25) is 0 Å². The molecular weight excluding hydrogens is 382 g/mol. The van der Waals surface area contributed by atoms with E-state index in [9.17, 15) is 4.79 Å². The Labute approximate surface area is 154 Å². The lowest BCUT2D eigenvalue weighted by Crippen LogP contribution is -2.24. The Morgan fingerprint density at radius 1 is 1.16 bits per heavy atom. The van der Waals surface area contributed by atoms with Crippen molar-refractivity contribution in [2.75, 3.05) is 6.61 Å². The summed E-state index contributed by atoms with van der Waals surface area (Å²) in [4.78, 5) is 12.4. The maximum atomic E-state index is 12.4. The SMILES string of the molecule is CCOC(=O)C(Cc1ccc(Br)cc1)n1cc(-c2ccccc2)nn1. The quantitative estimate of drug-likeness (QED) is 0.586. The summed E-state index contributed by atoms with van der Waals surface area (Å²) in [7, 11) is 0. The normalized spacial score (nSPS) is 11.9. The van der Waals surface area contributed by atoms with Crippen LogP contribution in [-0.4, -0.2) is 27.6 Å². The lowest BCUT2D eigenvalue weighted by molar-refractivity contribution is -0.147. The number of hydrogen-bond donors (Lipinski definition) is 0. The average molecular weight is 400 g/mol. The number of hydrogen-bond acceptors (Lipinski definition) is 4. The van der Waals surface area contributed by atoms with Crippen molar-refractivity contribution in [3.05, 3.63) is 70.8 Å². The molecule has 0 amide bonds. The first-order chi connectivity index (χ1) is 12.2. The standard InChI is InChI=1S/C19H18BrN3O2/c1-2-25-19(24)18(12-14-8-10-16(20)11-9-14)23-13-17(21-22-23)15-6-4-3-5-7-15/h3-11,13,18H,2,12H2,1H3. The van der Waals surface area contributed by atoms with Gasteiger partial charge in [-0.1, -0.05) is 63.6 Å². The highest BCUT2D eigenvalue weighted by molar-refractivity contribution is 9.10. The summed E-state index contributed by atoms with van der Waals surface area (Å²) in [5.41, 5.74) is 2.71. The van der Waals surface area contributed by atoms with E-state index in [2.05, 4.69) is 26.2 Å². The number of nitrogens with zero attached hydrogens (tertiary/aromatic N) is 3. The largest absolute Gasteiger partial charge is 0.464 e. The predicted octanol–water partition coefficient (Wildman–Crippen LogP) is 4.05. The van der Waals surface area contributed by atoms with Gasteiger partial charge < -0.3 is 4.74 Å². The number of rotatable bonds is 6. The summed E-state index contributed by atoms with van der Waals surface area (Å²) in [5, 5.41) is 8.37. The summed E-state index contributed by atoms with van der Waals surface area (Å²) in [6.07, 6.45) is 2.28. The first kappa shape index (κ1) is 17.4. The van der Waals surface area contributed by atoms with Gasteiger partial charge in [-0.2, -0.15) is 0 Å². The molecule has 3 aromatic rings. The monoisotopic (exact) mass is 399 g/mol. The summed E-state index contributed by atoms with van der Waals surface area (Å²) < 4.78 is 7.81. The van der Waals surface area contributed by atoms with Crippen LogP contribution in [0.4, 0.5) is 0 Å². The highest BCUT2D eigenvalue weighted by Crippen LogP contribution is 2.21. The van der Waals surface area contributed by atoms with Crippen LogP contribution >= 0.6 is 15.9 Å². The minimum Gasteiger partial charge on any atom is -0.464 e. The molecule has 1 heterocycles. The van der Waals surface area contributed by atoms with E-state index in [1.165, 1.54) is 0 Å². The Morgan fingerprint density at radius 2 is 1.88 bits per heavy atom. The second-order valence-corrected chi connectivity index (χ2v) is 6.46. The van der Waals surface area contributed by atoms with Gasteiger partial charge in [0.05, 0.1) is 12.8 Å². The Kier molecular flexibility index (Phi) is 5.60. The van der Waals surface area contributed by atoms with Gasteiger partial charge >= 0.3 is 5.97 Å². The number of esters is 1. The smallest absolute Gasteiger partial charge is 0.331 e. The van der Waals surface area contributed by atoms with E-state index < -0.39 is 6.04 Å². The molecule has 0 aliphatic rings. The van der Waals surface area contributed by atoms with Crippen molar-refractivity contribution in [3.63, 3.8) is 0 Å². The van der Waals surface area contributed by atoms with Crippen LogP contribution in [0, 0.1) is 0 Å². The topological polar surface area (TPSA) is 57.0 Å². The summed E-state index contributed by atoms with van der Waals surface area (Å²) >= 11 is 3.42. The maximum Gasteiger partial charge on any atom is 0.331 e. The van der Waals surface area contributed by atoms with E-state index in [0.717, 1.165) is 21.3 Å². The van der Waals surface area contributed by atoms with Crippen molar-refractivity contribution in [3.8, 4) is 11.3 Å². The summed E-state index contributed by atoms with van der Waals surface area (Å²) in [6, 6.07) is 17.1. The number of carbonyl (C=O) groups is 1. The molecule has 6 heteroatoms. The van der Waals surface area contributed by atoms with Gasteiger partial charge in [0.25, 0.3) is 0 Å². The van der Waals surface area contributed by atoms with Crippen molar-refractivity contribution in [2.45, 2.75) is 19.4 Å². The van der Waals surface area contributed by atoms with Crippen molar-refractivity contribution >= 4 is 21.9 Å². The fraction of sp³-hybridized carbons (Fsp3) is 0.211. The van der Waals surface area contributed by atoms with Gasteiger partial charge in [0.1, 0.15) is 5.69 Å². The van der Waals surface area contributed by atoms with E-state index in [4.69, 9.17) is 4.74 Å². The van der Waals surface area contributed by atoms with Crippen molar-refractivity contribution in [1.82, 2.24) is 15.0 Å². The lowest BCUT2D eigenvalue weighted by atomic mass is 10.1. The third kappa shape index (κ3) is 4.33. The molecule has 1 unspecified atom stereocenters. The molecule has 0 fully saturated rings. The first-order valence-corrected chi connectivity index (χ1v) is 8.85. The van der Waals surface area contributed by atoms with E-state index >= 15 is 0 Å². The van der Waals surface area contributed by atoms with E-state index in [-0.39, 0.29) is 5.97 Å². The van der Waals surface area contributed by atoms with Gasteiger partial charge in [-0.05, 0) is 24.6 Å². The van der Waals surface area contributed by atoms with Crippen LogP contribution in [0.15, 0.2) is 65.3 Å². The molecule has 0 aliphatic heterocycles. The second-order valence-electron chi connectivity index (χ2n) is 5.55. The van der Waals surface area contributed by atoms with Gasteiger partial charge in [-0.15, -0.1) is 5.10 Å². The van der Waals surface area contributed by atoms with Crippen molar-refractivity contribution in [1.29, 1.82) is 0 Å². The van der Waals surface area contributed by atoms with Crippen molar-refractivity contribution in [2.24, 2.45) is 0 Å². The molecule has 5 nitrogen and oxygen atoms in total. The van der Waals surface area contributed by atoms with Crippen LogP contribution in [0.2, 0.25) is 0 Å². The van der Waals surface area contributed by atoms with Crippen LogP contribution in [0.5, 0.6) is 0 Å². The fourth-order valence-electron chi connectivity index (χ4n) is 2.54. The summed E-state index contributed by atoms with van der Waals surface area (Å²) in [5.74, 6) is -0.310.